The van der Waals surface area contributed by atoms with E-state index in [0.717, 1.165) is 6.42 Å². The second kappa shape index (κ2) is 9.90. The first-order valence-electron chi connectivity index (χ1n) is 10.1. The molecule has 0 heterocycles. The monoisotopic (exact) mass is 408 g/mol. The number of benzene rings is 2. The molecule has 0 aromatic heterocycles. The van der Waals surface area contributed by atoms with Gasteiger partial charge in [-0.15, -0.1) is 0 Å². The van der Waals surface area contributed by atoms with Gasteiger partial charge in [-0.3, -0.25) is 4.79 Å². The molecule has 0 unspecified atom stereocenters. The Morgan fingerprint density at radius 1 is 0.828 bits per heavy atom. The van der Waals surface area contributed by atoms with Crippen LogP contribution in [0.4, 0.5) is 17.6 Å². The Balaban J connectivity index is 1.59. The lowest BCUT2D eigenvalue weighted by Gasteiger charge is -2.19. The number of carbonyl (C=O) groups is 1. The van der Waals surface area contributed by atoms with Crippen LogP contribution in [0.1, 0.15) is 56.1 Å². The van der Waals surface area contributed by atoms with Gasteiger partial charge in [0.1, 0.15) is 0 Å². The molecule has 0 saturated heterocycles. The molecule has 0 spiro atoms. The summed E-state index contributed by atoms with van der Waals surface area (Å²) in [5.41, 5.74) is 1.77. The molecule has 156 valence electrons. The molecule has 0 N–H and O–H groups in total. The van der Waals surface area contributed by atoms with E-state index in [9.17, 15) is 22.4 Å². The van der Waals surface area contributed by atoms with Crippen molar-refractivity contribution in [3.63, 3.8) is 0 Å². The number of hydrogen-bond donors (Lipinski definition) is 0. The van der Waals surface area contributed by atoms with Crippen LogP contribution >= 0.6 is 0 Å². The summed E-state index contributed by atoms with van der Waals surface area (Å²) in [6.07, 6.45) is 9.65. The highest BCUT2D eigenvalue weighted by Crippen LogP contribution is 2.27. The fourth-order valence-electron chi connectivity index (χ4n) is 3.83. The Morgan fingerprint density at radius 2 is 1.34 bits per heavy atom. The Kier molecular flexibility index (Phi) is 7.29. The van der Waals surface area contributed by atoms with Crippen LogP contribution in [0.5, 0.6) is 5.75 Å². The summed E-state index contributed by atoms with van der Waals surface area (Å²) in [5.74, 6) is -8.39. The minimum atomic E-state index is -1.73. The zero-order valence-electron chi connectivity index (χ0n) is 16.2. The highest BCUT2D eigenvalue weighted by atomic mass is 19.2. The molecule has 0 amide bonds. The topological polar surface area (TPSA) is 26.3 Å². The molecule has 2 nitrogen and oxygen atoms in total. The van der Waals surface area contributed by atoms with Crippen molar-refractivity contribution in [2.24, 2.45) is 5.92 Å². The van der Waals surface area contributed by atoms with Gasteiger partial charge in [0.25, 0.3) is 0 Å². The lowest BCUT2D eigenvalue weighted by molar-refractivity contribution is -0.134. The molecule has 3 rings (SSSR count). The number of hydrogen-bond acceptors (Lipinski definition) is 2. The molecule has 0 radical (unpaired) electrons. The van der Waals surface area contributed by atoms with Gasteiger partial charge in [0.2, 0.25) is 17.4 Å². The molecule has 2 aromatic rings. The summed E-state index contributed by atoms with van der Waals surface area (Å²) < 4.78 is 58.2. The van der Waals surface area contributed by atoms with Crippen molar-refractivity contribution in [3.8, 4) is 5.75 Å². The van der Waals surface area contributed by atoms with E-state index in [4.69, 9.17) is 0 Å². The van der Waals surface area contributed by atoms with Crippen molar-refractivity contribution in [1.82, 2.24) is 0 Å². The van der Waals surface area contributed by atoms with Crippen LogP contribution < -0.4 is 4.74 Å². The van der Waals surface area contributed by atoms with Gasteiger partial charge < -0.3 is 4.74 Å². The van der Waals surface area contributed by atoms with Gasteiger partial charge in [-0.1, -0.05) is 69.2 Å². The van der Waals surface area contributed by atoms with Crippen molar-refractivity contribution in [3.05, 3.63) is 64.7 Å². The highest BCUT2D eigenvalue weighted by molar-refractivity contribution is 5.75. The summed E-state index contributed by atoms with van der Waals surface area (Å²) in [5, 5.41) is 0. The fourth-order valence-corrected chi connectivity index (χ4v) is 3.83. The Morgan fingerprint density at radius 3 is 1.93 bits per heavy atom. The molecular formula is C23H24F4O2. The fraction of sp³-hybridized carbons (Fsp3) is 0.435. The molecule has 6 heteroatoms. The third kappa shape index (κ3) is 5.81. The van der Waals surface area contributed by atoms with Gasteiger partial charge in [0, 0.05) is 6.07 Å². The molecule has 29 heavy (non-hydrogen) atoms. The third-order valence-electron chi connectivity index (χ3n) is 5.41. The van der Waals surface area contributed by atoms with Gasteiger partial charge in [-0.2, -0.15) is 8.78 Å². The van der Waals surface area contributed by atoms with Crippen molar-refractivity contribution < 1.29 is 27.1 Å². The maximum Gasteiger partial charge on any atom is 0.315 e. The van der Waals surface area contributed by atoms with Crippen molar-refractivity contribution in [2.75, 3.05) is 0 Å². The van der Waals surface area contributed by atoms with E-state index in [2.05, 4.69) is 4.74 Å². The van der Waals surface area contributed by atoms with Crippen LogP contribution in [-0.4, -0.2) is 5.97 Å². The minimum absolute atomic E-state index is 0.0662. The average Bonchev–Trinajstić information content (AvgIpc) is 2.67. The van der Waals surface area contributed by atoms with Gasteiger partial charge in [0.05, 0.1) is 6.42 Å². The van der Waals surface area contributed by atoms with E-state index in [1.165, 1.54) is 50.5 Å². The molecule has 1 aliphatic carbocycles. The van der Waals surface area contributed by atoms with E-state index >= 15 is 0 Å². The molecule has 1 fully saturated rings. The maximum atomic E-state index is 13.6. The molecule has 2 aromatic carbocycles. The van der Waals surface area contributed by atoms with Crippen LogP contribution in [0.2, 0.25) is 0 Å². The summed E-state index contributed by atoms with van der Waals surface area (Å²) in [7, 11) is 0. The summed E-state index contributed by atoms with van der Waals surface area (Å²) in [6, 6.07) is 7.46. The molecule has 0 atom stereocenters. The largest absolute Gasteiger partial charge is 0.420 e. The highest BCUT2D eigenvalue weighted by Gasteiger charge is 2.23. The lowest BCUT2D eigenvalue weighted by Crippen LogP contribution is -2.14. The van der Waals surface area contributed by atoms with Crippen LogP contribution in [0, 0.1) is 29.2 Å². The van der Waals surface area contributed by atoms with Crippen LogP contribution in [-0.2, 0) is 17.6 Å². The Hall–Kier alpha value is -2.37. The molecule has 1 aliphatic rings. The quantitative estimate of drug-likeness (QED) is 0.251. The first-order valence-corrected chi connectivity index (χ1v) is 10.1. The van der Waals surface area contributed by atoms with Crippen molar-refractivity contribution in [2.45, 2.75) is 57.8 Å². The summed E-state index contributed by atoms with van der Waals surface area (Å²) in [6.45, 7) is 0. The third-order valence-corrected chi connectivity index (χ3v) is 5.41. The molecular weight excluding hydrogens is 384 g/mol. The molecule has 0 bridgehead atoms. The van der Waals surface area contributed by atoms with Gasteiger partial charge in [-0.05, 0) is 23.5 Å². The zero-order valence-corrected chi connectivity index (χ0v) is 16.2. The predicted molar refractivity (Wildman–Crippen MR) is 102 cm³/mol. The number of halogens is 4. The molecule has 1 saturated carbocycles. The average molecular weight is 408 g/mol. The van der Waals surface area contributed by atoms with Gasteiger partial charge in [-0.25, -0.2) is 8.78 Å². The predicted octanol–water partition coefficient (Wildman–Crippen LogP) is 6.29. The van der Waals surface area contributed by atoms with E-state index in [-0.39, 0.29) is 12.5 Å². The Bertz CT molecular complexity index is 815. The molecule has 0 aliphatic heterocycles. The van der Waals surface area contributed by atoms with Crippen LogP contribution in [0.15, 0.2) is 30.3 Å². The zero-order chi connectivity index (χ0) is 20.8. The smallest absolute Gasteiger partial charge is 0.315 e. The van der Waals surface area contributed by atoms with Crippen LogP contribution in [0.3, 0.4) is 0 Å². The van der Waals surface area contributed by atoms with Crippen LogP contribution in [0.25, 0.3) is 0 Å². The number of esters is 1. The van der Waals surface area contributed by atoms with Crippen molar-refractivity contribution in [1.29, 1.82) is 0 Å². The minimum Gasteiger partial charge on any atom is -0.420 e. The Labute approximate surface area is 167 Å². The first kappa shape index (κ1) is 21.3. The normalized spacial score (nSPS) is 15.6. The van der Waals surface area contributed by atoms with E-state index in [1.54, 1.807) is 12.1 Å². The number of ether oxygens (including phenoxy) is 1. The first-order chi connectivity index (χ1) is 13.9. The second-order valence-electron chi connectivity index (χ2n) is 7.68. The summed E-state index contributed by atoms with van der Waals surface area (Å²) in [4.78, 5) is 12.0. The van der Waals surface area contributed by atoms with E-state index < -0.39 is 35.0 Å². The van der Waals surface area contributed by atoms with E-state index in [1.807, 2.05) is 12.1 Å². The number of rotatable bonds is 5. The van der Waals surface area contributed by atoms with Crippen molar-refractivity contribution >= 4 is 5.97 Å². The number of carbonyl (C=O) groups excluding carboxylic acids is 1. The lowest BCUT2D eigenvalue weighted by atomic mass is 9.86. The second-order valence-corrected chi connectivity index (χ2v) is 7.68. The SMILES string of the molecule is O=C(Cc1ccc(CC2CCCCCCC2)cc1)Oc1c(F)c(F)cc(F)c1F. The summed E-state index contributed by atoms with van der Waals surface area (Å²) >= 11 is 0. The van der Waals surface area contributed by atoms with Gasteiger partial charge >= 0.3 is 5.97 Å². The van der Waals surface area contributed by atoms with Gasteiger partial charge in [0.15, 0.2) is 11.6 Å². The van der Waals surface area contributed by atoms with E-state index in [0.29, 0.717) is 11.5 Å². The standard InChI is InChI=1S/C23H24F4O2/c24-18-14-19(25)22(27)23(21(18)26)29-20(28)13-17-10-8-16(9-11-17)12-15-6-4-2-1-3-5-7-15/h8-11,14-15H,1-7,12-13H2. The maximum absolute atomic E-state index is 13.6.